The molecule has 2 aromatic carbocycles. The number of nitrogens with two attached hydrogens (primary N) is 2. The molecule has 0 fully saturated rings. The molecule has 0 spiro atoms. The molecule has 0 saturated carbocycles. The van der Waals surface area contributed by atoms with Gasteiger partial charge in [0.1, 0.15) is 23.9 Å². The maximum absolute atomic E-state index is 12.6. The van der Waals surface area contributed by atoms with Gasteiger partial charge in [-0.05, 0) is 41.2 Å². The van der Waals surface area contributed by atoms with Crippen LogP contribution in [0.4, 0.5) is 15.2 Å². The van der Waals surface area contributed by atoms with E-state index in [0.717, 1.165) is 11.8 Å². The first-order valence-corrected chi connectivity index (χ1v) is 9.77. The van der Waals surface area contributed by atoms with Crippen molar-refractivity contribution in [1.82, 2.24) is 10.2 Å². The summed E-state index contributed by atoms with van der Waals surface area (Å²) in [6.45, 7) is 0.360. The molecule has 0 aliphatic carbocycles. The number of benzene rings is 2. The summed E-state index contributed by atoms with van der Waals surface area (Å²) in [5.41, 5.74) is 6.89. The maximum atomic E-state index is 12.6. The monoisotopic (exact) mass is 446 g/mol. The largest absolute Gasteiger partial charge is 0.495 e. The Morgan fingerprint density at radius 3 is 2.52 bits per heavy atom. The highest BCUT2D eigenvalue weighted by molar-refractivity contribution is 7.16. The first-order chi connectivity index (χ1) is 15.0. The zero-order chi connectivity index (χ0) is 22.6. The number of carbonyl (C=O) groups is 1. The summed E-state index contributed by atoms with van der Waals surface area (Å²) in [5.74, 6) is 6.03. The highest BCUT2D eigenvalue weighted by Gasteiger charge is 2.11. The molecule has 0 atom stereocenters. The van der Waals surface area contributed by atoms with Gasteiger partial charge in [-0.15, -0.1) is 5.10 Å². The summed E-state index contributed by atoms with van der Waals surface area (Å²) in [5, 5.41) is 12.9. The van der Waals surface area contributed by atoms with Crippen molar-refractivity contribution < 1.29 is 18.7 Å². The molecule has 0 aliphatic rings. The Balaban J connectivity index is 0.000000221. The minimum absolute atomic E-state index is 0.166. The molecule has 3 rings (SSSR count). The Morgan fingerprint density at radius 1 is 1.23 bits per heavy atom. The summed E-state index contributed by atoms with van der Waals surface area (Å²) in [6, 6.07) is 13.2. The molecular weight excluding hydrogens is 423 g/mol. The Morgan fingerprint density at radius 2 is 1.94 bits per heavy atom. The molecule has 31 heavy (non-hydrogen) atoms. The van der Waals surface area contributed by atoms with Crippen LogP contribution in [0.3, 0.4) is 0 Å². The van der Waals surface area contributed by atoms with Gasteiger partial charge >= 0.3 is 0 Å². The summed E-state index contributed by atoms with van der Waals surface area (Å²) in [6.07, 6.45) is 1.71. The fourth-order valence-electron chi connectivity index (χ4n) is 2.24. The van der Waals surface area contributed by atoms with Crippen LogP contribution in [0.15, 0.2) is 60.4 Å². The molecule has 1 heterocycles. The van der Waals surface area contributed by atoms with Crippen molar-refractivity contribution >= 4 is 28.4 Å². The fraction of sp³-hybridized carbons (Fsp3) is 0.150. The molecule has 0 saturated heterocycles. The predicted molar refractivity (Wildman–Crippen MR) is 118 cm³/mol. The smallest absolute Gasteiger partial charge is 0.296 e. The van der Waals surface area contributed by atoms with E-state index in [-0.39, 0.29) is 11.5 Å². The van der Waals surface area contributed by atoms with E-state index in [9.17, 15) is 9.18 Å². The van der Waals surface area contributed by atoms with E-state index < -0.39 is 0 Å². The average Bonchev–Trinajstić information content (AvgIpc) is 3.28. The second kappa shape index (κ2) is 12.1. The molecule has 0 unspecified atom stereocenters. The number of hydrogen-bond acceptors (Lipinski definition) is 10. The molecule has 9 nitrogen and oxygen atoms in total. The summed E-state index contributed by atoms with van der Waals surface area (Å²) < 4.78 is 23.1. The number of para-hydroxylation sites is 2. The van der Waals surface area contributed by atoms with Crippen molar-refractivity contribution in [2.75, 3.05) is 24.5 Å². The Labute approximate surface area is 183 Å². The van der Waals surface area contributed by atoms with Crippen LogP contribution in [0.5, 0.6) is 10.9 Å². The summed E-state index contributed by atoms with van der Waals surface area (Å²) >= 11 is 1.33. The minimum Gasteiger partial charge on any atom is -0.495 e. The zero-order valence-corrected chi connectivity index (χ0v) is 17.8. The minimum atomic E-state index is -0.253. The normalized spacial score (nSPS) is 10.5. The molecule has 11 heteroatoms. The topological polar surface area (TPSA) is 129 Å². The third-order valence-corrected chi connectivity index (χ3v) is 4.66. The van der Waals surface area contributed by atoms with E-state index >= 15 is 0 Å². The Hall–Kier alpha value is -3.70. The van der Waals surface area contributed by atoms with Crippen molar-refractivity contribution in [1.29, 1.82) is 0 Å². The van der Waals surface area contributed by atoms with Crippen molar-refractivity contribution in [3.63, 3.8) is 0 Å². The van der Waals surface area contributed by atoms with Gasteiger partial charge in [-0.2, -0.15) is 0 Å². The number of rotatable bonds is 8. The molecule has 0 aliphatic heterocycles. The number of hydrazine groups is 1. The van der Waals surface area contributed by atoms with Crippen LogP contribution < -0.4 is 31.4 Å². The van der Waals surface area contributed by atoms with Gasteiger partial charge in [-0.25, -0.2) is 10.2 Å². The molecule has 0 amide bonds. The number of carbonyl (C=O) groups excluding carboxylic acids is 1. The summed E-state index contributed by atoms with van der Waals surface area (Å²) in [4.78, 5) is 10.6. The van der Waals surface area contributed by atoms with Crippen LogP contribution in [-0.4, -0.2) is 30.6 Å². The molecular formula is C20H23FN6O3S. The van der Waals surface area contributed by atoms with Gasteiger partial charge in [0.15, 0.2) is 6.29 Å². The summed E-state index contributed by atoms with van der Waals surface area (Å²) in [7, 11) is 3.30. The highest BCUT2D eigenvalue weighted by Crippen LogP contribution is 2.27. The zero-order valence-electron chi connectivity index (χ0n) is 17.0. The van der Waals surface area contributed by atoms with Crippen molar-refractivity contribution in [2.24, 2.45) is 11.6 Å². The molecule has 164 valence electrons. The number of hydrogen-bond donors (Lipinski definition) is 3. The Kier molecular flexibility index (Phi) is 9.20. The fourth-order valence-corrected chi connectivity index (χ4v) is 2.79. The van der Waals surface area contributed by atoms with Gasteiger partial charge in [0.25, 0.3) is 5.19 Å². The van der Waals surface area contributed by atoms with Gasteiger partial charge in [0.2, 0.25) is 5.13 Å². The molecule has 3 aromatic rings. The average molecular weight is 447 g/mol. The van der Waals surface area contributed by atoms with Crippen LogP contribution >= 0.6 is 11.3 Å². The predicted octanol–water partition coefficient (Wildman–Crippen LogP) is 2.67. The van der Waals surface area contributed by atoms with Gasteiger partial charge in [-0.1, -0.05) is 29.4 Å². The van der Waals surface area contributed by atoms with Crippen molar-refractivity contribution in [3.05, 3.63) is 71.8 Å². The molecule has 5 N–H and O–H groups in total. The molecule has 1 aromatic heterocycles. The van der Waals surface area contributed by atoms with Gasteiger partial charge in [0, 0.05) is 13.2 Å². The van der Waals surface area contributed by atoms with Crippen molar-refractivity contribution in [2.45, 2.75) is 6.61 Å². The first kappa shape index (κ1) is 23.6. The van der Waals surface area contributed by atoms with Crippen LogP contribution in [-0.2, 0) is 11.4 Å². The number of allylic oxidation sites excluding steroid dienone is 1. The highest BCUT2D eigenvalue weighted by atomic mass is 32.1. The maximum Gasteiger partial charge on any atom is 0.296 e. The number of anilines is 2. The second-order valence-electron chi connectivity index (χ2n) is 5.79. The van der Waals surface area contributed by atoms with E-state index in [0.29, 0.717) is 34.7 Å². The number of methoxy groups -OCH3 is 1. The van der Waals surface area contributed by atoms with E-state index in [4.69, 9.17) is 21.1 Å². The van der Waals surface area contributed by atoms with Crippen LogP contribution in [0.2, 0.25) is 0 Å². The van der Waals surface area contributed by atoms with Crippen LogP contribution in [0, 0.1) is 5.82 Å². The van der Waals surface area contributed by atoms with E-state index in [1.54, 1.807) is 37.4 Å². The lowest BCUT2D eigenvalue weighted by Crippen LogP contribution is -2.31. The lowest BCUT2D eigenvalue weighted by atomic mass is 10.2. The first-order valence-electron chi connectivity index (χ1n) is 8.95. The number of halogens is 1. The number of nitrogens with one attached hydrogen (secondary N) is 1. The number of aromatic nitrogens is 2. The lowest BCUT2D eigenvalue weighted by Gasteiger charge is -2.19. The van der Waals surface area contributed by atoms with Gasteiger partial charge < -0.3 is 20.5 Å². The second-order valence-corrected chi connectivity index (χ2v) is 6.73. The third-order valence-electron chi connectivity index (χ3n) is 3.81. The van der Waals surface area contributed by atoms with Crippen LogP contribution in [0.25, 0.3) is 0 Å². The van der Waals surface area contributed by atoms with Gasteiger partial charge in [-0.3, -0.25) is 9.80 Å². The lowest BCUT2D eigenvalue weighted by molar-refractivity contribution is -0.105. The Bertz CT molecular complexity index is 997. The molecule has 0 radical (unpaired) electrons. The third kappa shape index (κ3) is 6.94. The van der Waals surface area contributed by atoms with Gasteiger partial charge in [0.05, 0.1) is 12.8 Å². The van der Waals surface area contributed by atoms with Crippen LogP contribution in [0.1, 0.15) is 5.56 Å². The number of nitrogens with zero attached hydrogens (tertiary/aromatic N) is 3. The quantitative estimate of drug-likeness (QED) is 0.207. The number of aldehydes is 1. The van der Waals surface area contributed by atoms with Crippen molar-refractivity contribution in [3.8, 4) is 10.9 Å². The van der Waals surface area contributed by atoms with E-state index in [1.165, 1.54) is 35.6 Å². The van der Waals surface area contributed by atoms with E-state index in [1.807, 2.05) is 6.07 Å². The van der Waals surface area contributed by atoms with E-state index in [2.05, 4.69) is 15.5 Å². The molecule has 0 bridgehead atoms. The standard InChI is InChI=1S/C10H10FN3OS.C10H13N3O2/c1-12-9-13-14-10(16-9)15-6-7-2-4-8(11)5-3-7;1-15-10-5-3-2-4-9(10)13(12)8(6-11)7-14/h2-5H,6H2,1H3,(H,12,13);2-7H,11-12H2,1H3/b;8-6-. The number of ether oxygens (including phenoxy) is 2. The SMILES string of the molecule is CNc1nnc(OCc2ccc(F)cc2)s1.COc1ccccc1N(N)/C(C=O)=C\N.